The smallest absolute Gasteiger partial charge is 0.229 e. The Bertz CT molecular complexity index is 608. The van der Waals surface area contributed by atoms with Crippen LogP contribution in [0, 0.1) is 5.82 Å². The van der Waals surface area contributed by atoms with Crippen LogP contribution in [0.25, 0.3) is 0 Å². The van der Waals surface area contributed by atoms with Gasteiger partial charge in [0.05, 0.1) is 5.56 Å². The molecule has 1 saturated carbocycles. The second-order valence-corrected chi connectivity index (χ2v) is 4.39. The van der Waals surface area contributed by atoms with Crippen molar-refractivity contribution in [2.45, 2.75) is 25.4 Å². The summed E-state index contributed by atoms with van der Waals surface area (Å²) in [6.45, 7) is -0.0298. The lowest BCUT2D eigenvalue weighted by atomic mass is 10.2. The van der Waals surface area contributed by atoms with Crippen molar-refractivity contribution in [2.24, 2.45) is 0 Å². The van der Waals surface area contributed by atoms with Crippen LogP contribution in [0.2, 0.25) is 0 Å². The zero-order valence-electron chi connectivity index (χ0n) is 10.0. The number of ether oxygens (including phenoxy) is 1. The fourth-order valence-electron chi connectivity index (χ4n) is 1.73. The summed E-state index contributed by atoms with van der Waals surface area (Å²) in [7, 11) is 0. The Labute approximate surface area is 108 Å². The van der Waals surface area contributed by atoms with E-state index in [0.29, 0.717) is 23.9 Å². The maximum atomic E-state index is 13.5. The second kappa shape index (κ2) is 4.79. The Kier molecular flexibility index (Phi) is 2.98. The van der Waals surface area contributed by atoms with Crippen LogP contribution in [0.3, 0.4) is 0 Å². The third kappa shape index (κ3) is 2.47. The summed E-state index contributed by atoms with van der Waals surface area (Å²) in [5, 5.41) is 3.76. The van der Waals surface area contributed by atoms with Crippen LogP contribution in [0.1, 0.15) is 40.8 Å². The first-order chi connectivity index (χ1) is 9.28. The summed E-state index contributed by atoms with van der Waals surface area (Å²) in [6, 6.07) is 4.16. The molecule has 1 aromatic heterocycles. The Morgan fingerprint density at radius 1 is 1.47 bits per heavy atom. The van der Waals surface area contributed by atoms with Crippen LogP contribution < -0.4 is 4.74 Å². The molecule has 1 aliphatic carbocycles. The Balaban J connectivity index is 1.72. The summed E-state index contributed by atoms with van der Waals surface area (Å²) in [4.78, 5) is 15.0. The van der Waals surface area contributed by atoms with E-state index in [0.717, 1.165) is 12.8 Å². The average Bonchev–Trinajstić information content (AvgIpc) is 3.17. The SMILES string of the molecule is O=Cc1cccc(F)c1OCc1noc(C2CC2)n1. The molecule has 1 aromatic carbocycles. The molecule has 98 valence electrons. The van der Waals surface area contributed by atoms with Crippen molar-refractivity contribution in [3.05, 3.63) is 41.3 Å². The highest BCUT2D eigenvalue weighted by atomic mass is 19.1. The Morgan fingerprint density at radius 3 is 3.05 bits per heavy atom. The number of benzene rings is 1. The normalized spacial score (nSPS) is 14.4. The van der Waals surface area contributed by atoms with Gasteiger partial charge in [0.25, 0.3) is 0 Å². The molecule has 0 unspecified atom stereocenters. The highest BCUT2D eigenvalue weighted by Gasteiger charge is 2.29. The lowest BCUT2D eigenvalue weighted by Gasteiger charge is -2.06. The second-order valence-electron chi connectivity index (χ2n) is 4.39. The molecular weight excluding hydrogens is 251 g/mol. The molecule has 3 rings (SSSR count). The van der Waals surface area contributed by atoms with Crippen molar-refractivity contribution in [1.29, 1.82) is 0 Å². The van der Waals surface area contributed by atoms with Crippen molar-refractivity contribution in [3.8, 4) is 5.75 Å². The molecule has 1 fully saturated rings. The van der Waals surface area contributed by atoms with E-state index < -0.39 is 5.82 Å². The van der Waals surface area contributed by atoms with E-state index in [4.69, 9.17) is 9.26 Å². The van der Waals surface area contributed by atoms with E-state index in [2.05, 4.69) is 10.1 Å². The zero-order valence-corrected chi connectivity index (χ0v) is 10.0. The monoisotopic (exact) mass is 262 g/mol. The summed E-state index contributed by atoms with van der Waals surface area (Å²) >= 11 is 0. The van der Waals surface area contributed by atoms with Gasteiger partial charge in [-0.15, -0.1) is 0 Å². The quantitative estimate of drug-likeness (QED) is 0.774. The first-order valence-corrected chi connectivity index (χ1v) is 5.97. The summed E-state index contributed by atoms with van der Waals surface area (Å²) < 4.78 is 23.9. The van der Waals surface area contributed by atoms with Crippen molar-refractivity contribution in [3.63, 3.8) is 0 Å². The predicted molar refractivity (Wildman–Crippen MR) is 62.4 cm³/mol. The van der Waals surface area contributed by atoms with E-state index >= 15 is 0 Å². The van der Waals surface area contributed by atoms with Crippen LogP contribution in [0.4, 0.5) is 4.39 Å². The number of hydrogen-bond acceptors (Lipinski definition) is 5. The number of aromatic nitrogens is 2. The molecule has 0 saturated heterocycles. The van der Waals surface area contributed by atoms with Gasteiger partial charge < -0.3 is 9.26 Å². The maximum absolute atomic E-state index is 13.5. The fourth-order valence-corrected chi connectivity index (χ4v) is 1.73. The molecule has 0 aliphatic heterocycles. The summed E-state index contributed by atoms with van der Waals surface area (Å²) in [6.07, 6.45) is 2.67. The van der Waals surface area contributed by atoms with Gasteiger partial charge in [0, 0.05) is 5.92 Å². The molecule has 2 aromatic rings. The summed E-state index contributed by atoms with van der Waals surface area (Å²) in [5.41, 5.74) is 0.158. The van der Waals surface area contributed by atoms with Crippen molar-refractivity contribution < 1.29 is 18.4 Å². The van der Waals surface area contributed by atoms with Crippen LogP contribution in [-0.2, 0) is 6.61 Å². The number of nitrogens with zero attached hydrogens (tertiary/aromatic N) is 2. The van der Waals surface area contributed by atoms with Crippen LogP contribution in [0.5, 0.6) is 5.75 Å². The van der Waals surface area contributed by atoms with Gasteiger partial charge in [-0.1, -0.05) is 11.2 Å². The molecule has 1 aliphatic rings. The van der Waals surface area contributed by atoms with Crippen molar-refractivity contribution >= 4 is 6.29 Å². The molecular formula is C13H11FN2O3. The number of aldehydes is 1. The topological polar surface area (TPSA) is 65.2 Å². The lowest BCUT2D eigenvalue weighted by Crippen LogP contribution is -2.02. The predicted octanol–water partition coefficient (Wildman–Crippen LogP) is 2.48. The average molecular weight is 262 g/mol. The third-order valence-corrected chi connectivity index (χ3v) is 2.88. The largest absolute Gasteiger partial charge is 0.482 e. The van der Waals surface area contributed by atoms with Gasteiger partial charge in [0.15, 0.2) is 24.5 Å². The first-order valence-electron chi connectivity index (χ1n) is 5.97. The van der Waals surface area contributed by atoms with Crippen LogP contribution >= 0.6 is 0 Å². The van der Waals surface area contributed by atoms with E-state index in [1.807, 2.05) is 0 Å². The maximum Gasteiger partial charge on any atom is 0.229 e. The number of para-hydroxylation sites is 1. The van der Waals surface area contributed by atoms with Gasteiger partial charge in [-0.3, -0.25) is 4.79 Å². The molecule has 0 bridgehead atoms. The third-order valence-electron chi connectivity index (χ3n) is 2.88. The number of carbonyl (C=O) groups is 1. The van der Waals surface area contributed by atoms with Crippen molar-refractivity contribution in [2.75, 3.05) is 0 Å². The van der Waals surface area contributed by atoms with E-state index in [-0.39, 0.29) is 17.9 Å². The molecule has 19 heavy (non-hydrogen) atoms. The molecule has 0 N–H and O–H groups in total. The minimum atomic E-state index is -0.587. The number of halogens is 1. The van der Waals surface area contributed by atoms with E-state index in [1.165, 1.54) is 18.2 Å². The van der Waals surface area contributed by atoms with Gasteiger partial charge in [0.2, 0.25) is 11.7 Å². The van der Waals surface area contributed by atoms with Gasteiger partial charge in [0.1, 0.15) is 0 Å². The molecule has 0 amide bonds. The van der Waals surface area contributed by atoms with Crippen LogP contribution in [-0.4, -0.2) is 16.4 Å². The number of hydrogen-bond donors (Lipinski definition) is 0. The zero-order chi connectivity index (χ0) is 13.2. The molecule has 0 spiro atoms. The first kappa shape index (κ1) is 11.8. The standard InChI is InChI=1S/C13H11FN2O3/c14-10-3-1-2-9(6-17)12(10)18-7-11-15-13(19-16-11)8-4-5-8/h1-3,6,8H,4-5,7H2. The van der Waals surface area contributed by atoms with Gasteiger partial charge in [-0.05, 0) is 25.0 Å². The van der Waals surface area contributed by atoms with E-state index in [1.54, 1.807) is 0 Å². The van der Waals surface area contributed by atoms with E-state index in [9.17, 15) is 9.18 Å². The fraction of sp³-hybridized carbons (Fsp3) is 0.308. The van der Waals surface area contributed by atoms with Gasteiger partial charge in [-0.2, -0.15) is 4.98 Å². The summed E-state index contributed by atoms with van der Waals surface area (Å²) in [5.74, 6) is 0.635. The molecule has 5 nitrogen and oxygen atoms in total. The van der Waals surface area contributed by atoms with Gasteiger partial charge in [-0.25, -0.2) is 4.39 Å². The number of rotatable bonds is 5. The molecule has 6 heteroatoms. The Hall–Kier alpha value is -2.24. The molecule has 0 radical (unpaired) electrons. The lowest BCUT2D eigenvalue weighted by molar-refractivity contribution is 0.111. The number of carbonyl (C=O) groups excluding carboxylic acids is 1. The van der Waals surface area contributed by atoms with Crippen LogP contribution in [0.15, 0.2) is 22.7 Å². The highest BCUT2D eigenvalue weighted by Crippen LogP contribution is 2.38. The van der Waals surface area contributed by atoms with Gasteiger partial charge >= 0.3 is 0 Å². The minimum Gasteiger partial charge on any atom is -0.482 e. The van der Waals surface area contributed by atoms with Crippen molar-refractivity contribution in [1.82, 2.24) is 10.1 Å². The molecule has 0 atom stereocenters. The minimum absolute atomic E-state index is 0.0298. The molecule has 1 heterocycles. The highest BCUT2D eigenvalue weighted by molar-refractivity contribution is 5.79. The Morgan fingerprint density at radius 2 is 2.32 bits per heavy atom.